The second-order valence-corrected chi connectivity index (χ2v) is 5.90. The number of rotatable bonds is 5. The van der Waals surface area contributed by atoms with Crippen LogP contribution in [0.25, 0.3) is 5.65 Å². The first-order valence-corrected chi connectivity index (χ1v) is 8.00. The van der Waals surface area contributed by atoms with Gasteiger partial charge in [-0.1, -0.05) is 0 Å². The molecule has 0 amide bonds. The fourth-order valence-corrected chi connectivity index (χ4v) is 3.21. The smallest absolute Gasteiger partial charge is 0.165 e. The first-order chi connectivity index (χ1) is 11.3. The summed E-state index contributed by atoms with van der Waals surface area (Å²) >= 11 is 0. The van der Waals surface area contributed by atoms with E-state index in [4.69, 9.17) is 4.42 Å². The molecule has 1 aliphatic heterocycles. The molecule has 0 aliphatic carbocycles. The van der Waals surface area contributed by atoms with Crippen LogP contribution in [-0.4, -0.2) is 44.1 Å². The van der Waals surface area contributed by atoms with E-state index >= 15 is 0 Å². The van der Waals surface area contributed by atoms with Crippen molar-refractivity contribution in [2.45, 2.75) is 25.8 Å². The van der Waals surface area contributed by atoms with E-state index in [1.165, 1.54) is 12.8 Å². The molecular weight excluding hydrogens is 292 g/mol. The second-order valence-electron chi connectivity index (χ2n) is 5.90. The highest BCUT2D eigenvalue weighted by atomic mass is 16.3. The van der Waals surface area contributed by atoms with Gasteiger partial charge in [0.15, 0.2) is 5.65 Å². The molecule has 120 valence electrons. The van der Waals surface area contributed by atoms with Gasteiger partial charge in [-0.25, -0.2) is 4.98 Å². The van der Waals surface area contributed by atoms with Gasteiger partial charge in [-0.15, -0.1) is 10.2 Å². The number of nitrogens with one attached hydrogen (secondary N) is 1. The number of likely N-dealkylation sites (tertiary alicyclic amines) is 1. The largest absolute Gasteiger partial charge is 0.468 e. The molecule has 1 aliphatic rings. The maximum Gasteiger partial charge on any atom is 0.165 e. The molecule has 4 heterocycles. The lowest BCUT2D eigenvalue weighted by atomic mass is 10.2. The number of hydrogen-bond acceptors (Lipinski definition) is 6. The van der Waals surface area contributed by atoms with Crippen LogP contribution in [0.1, 0.15) is 30.5 Å². The van der Waals surface area contributed by atoms with E-state index in [0.717, 1.165) is 42.7 Å². The molecule has 1 saturated heterocycles. The number of furan rings is 1. The van der Waals surface area contributed by atoms with E-state index < -0.39 is 0 Å². The quantitative estimate of drug-likeness (QED) is 0.779. The standard InChI is InChI=1S/C16H20N6O/c1-12-19-15(9-16-20-18-11-22(12)16)17-10-13(14-5-4-8-23-14)21-6-2-3-7-21/h4-5,8-9,11,13,17H,2-3,6-7,10H2,1H3. The number of aryl methyl sites for hydroxylation is 1. The summed E-state index contributed by atoms with van der Waals surface area (Å²) in [5, 5.41) is 11.5. The van der Waals surface area contributed by atoms with Crippen molar-refractivity contribution in [1.29, 1.82) is 0 Å². The number of hydrogen-bond donors (Lipinski definition) is 1. The van der Waals surface area contributed by atoms with Crippen molar-refractivity contribution in [2.75, 3.05) is 25.0 Å². The predicted molar refractivity (Wildman–Crippen MR) is 86.3 cm³/mol. The number of aromatic nitrogens is 4. The van der Waals surface area contributed by atoms with Crippen molar-refractivity contribution in [2.24, 2.45) is 0 Å². The van der Waals surface area contributed by atoms with Crippen molar-refractivity contribution in [3.63, 3.8) is 0 Å². The van der Waals surface area contributed by atoms with Gasteiger partial charge >= 0.3 is 0 Å². The Labute approximate surface area is 134 Å². The second kappa shape index (κ2) is 6.00. The predicted octanol–water partition coefficient (Wildman–Crippen LogP) is 2.27. The highest BCUT2D eigenvalue weighted by Gasteiger charge is 2.25. The third-order valence-electron chi connectivity index (χ3n) is 4.40. The topological polar surface area (TPSA) is 71.5 Å². The Bertz CT molecular complexity index is 775. The first kappa shape index (κ1) is 14.2. The number of nitrogens with zero attached hydrogens (tertiary/aromatic N) is 5. The molecule has 3 aromatic rings. The third kappa shape index (κ3) is 2.79. The van der Waals surface area contributed by atoms with Crippen LogP contribution in [0.3, 0.4) is 0 Å². The Hall–Kier alpha value is -2.41. The van der Waals surface area contributed by atoms with Gasteiger partial charge < -0.3 is 9.73 Å². The molecule has 7 heteroatoms. The number of fused-ring (bicyclic) bond motifs is 1. The van der Waals surface area contributed by atoms with Crippen molar-refractivity contribution < 1.29 is 4.42 Å². The lowest BCUT2D eigenvalue weighted by molar-refractivity contribution is 0.225. The molecule has 0 radical (unpaired) electrons. The molecule has 23 heavy (non-hydrogen) atoms. The molecule has 1 atom stereocenters. The summed E-state index contributed by atoms with van der Waals surface area (Å²) in [6.07, 6.45) is 5.92. The molecule has 0 spiro atoms. The molecule has 3 aromatic heterocycles. The maximum atomic E-state index is 5.65. The molecular formula is C16H20N6O. The lowest BCUT2D eigenvalue weighted by Crippen LogP contribution is -2.31. The SMILES string of the molecule is Cc1nc(NCC(c2ccco2)N2CCCC2)cc2nncn12. The van der Waals surface area contributed by atoms with Crippen molar-refractivity contribution in [3.05, 3.63) is 42.4 Å². The van der Waals surface area contributed by atoms with Crippen LogP contribution in [0.5, 0.6) is 0 Å². The van der Waals surface area contributed by atoms with Gasteiger partial charge in [-0.05, 0) is 45.0 Å². The Morgan fingerprint density at radius 1 is 1.35 bits per heavy atom. The van der Waals surface area contributed by atoms with E-state index in [1.807, 2.05) is 29.5 Å². The normalized spacial score (nSPS) is 16.9. The molecule has 4 rings (SSSR count). The van der Waals surface area contributed by atoms with E-state index in [1.54, 1.807) is 12.6 Å². The molecule has 0 aromatic carbocycles. The molecule has 1 N–H and O–H groups in total. The van der Waals surface area contributed by atoms with Crippen LogP contribution >= 0.6 is 0 Å². The van der Waals surface area contributed by atoms with Gasteiger partial charge in [-0.3, -0.25) is 9.30 Å². The van der Waals surface area contributed by atoms with Gasteiger partial charge in [0.05, 0.1) is 12.3 Å². The Morgan fingerprint density at radius 2 is 2.22 bits per heavy atom. The molecule has 1 fully saturated rings. The highest BCUT2D eigenvalue weighted by Crippen LogP contribution is 2.26. The highest BCUT2D eigenvalue weighted by molar-refractivity contribution is 5.49. The zero-order chi connectivity index (χ0) is 15.6. The zero-order valence-corrected chi connectivity index (χ0v) is 13.1. The summed E-state index contributed by atoms with van der Waals surface area (Å²) in [5.41, 5.74) is 0.802. The summed E-state index contributed by atoms with van der Waals surface area (Å²) in [7, 11) is 0. The van der Waals surface area contributed by atoms with Crippen molar-refractivity contribution in [1.82, 2.24) is 24.5 Å². The van der Waals surface area contributed by atoms with Crippen LogP contribution in [-0.2, 0) is 0 Å². The van der Waals surface area contributed by atoms with Crippen LogP contribution in [0, 0.1) is 6.92 Å². The van der Waals surface area contributed by atoms with Crippen LogP contribution in [0.15, 0.2) is 35.2 Å². The first-order valence-electron chi connectivity index (χ1n) is 8.00. The van der Waals surface area contributed by atoms with Crippen molar-refractivity contribution >= 4 is 11.5 Å². The van der Waals surface area contributed by atoms with Gasteiger partial charge in [0, 0.05) is 12.6 Å². The van der Waals surface area contributed by atoms with Gasteiger partial charge in [0.25, 0.3) is 0 Å². The Morgan fingerprint density at radius 3 is 3.00 bits per heavy atom. The van der Waals surface area contributed by atoms with E-state index in [0.29, 0.717) is 0 Å². The number of anilines is 1. The minimum Gasteiger partial charge on any atom is -0.468 e. The monoisotopic (exact) mass is 312 g/mol. The summed E-state index contributed by atoms with van der Waals surface area (Å²) in [6, 6.07) is 6.14. The molecule has 7 nitrogen and oxygen atoms in total. The van der Waals surface area contributed by atoms with Gasteiger partial charge in [-0.2, -0.15) is 0 Å². The summed E-state index contributed by atoms with van der Waals surface area (Å²) in [6.45, 7) is 4.93. The molecule has 0 bridgehead atoms. The summed E-state index contributed by atoms with van der Waals surface area (Å²) in [5.74, 6) is 2.68. The van der Waals surface area contributed by atoms with Crippen LogP contribution in [0.2, 0.25) is 0 Å². The van der Waals surface area contributed by atoms with Crippen LogP contribution < -0.4 is 5.32 Å². The fraction of sp³-hybridized carbons (Fsp3) is 0.438. The molecule has 0 saturated carbocycles. The Kier molecular flexibility index (Phi) is 3.70. The minimum absolute atomic E-state index is 0.226. The van der Waals surface area contributed by atoms with E-state index in [-0.39, 0.29) is 6.04 Å². The van der Waals surface area contributed by atoms with E-state index in [2.05, 4.69) is 25.4 Å². The average Bonchev–Trinajstić information content (AvgIpc) is 3.30. The fourth-order valence-electron chi connectivity index (χ4n) is 3.21. The lowest BCUT2D eigenvalue weighted by Gasteiger charge is -2.26. The minimum atomic E-state index is 0.226. The average molecular weight is 312 g/mol. The zero-order valence-electron chi connectivity index (χ0n) is 13.1. The summed E-state index contributed by atoms with van der Waals surface area (Å²) in [4.78, 5) is 7.04. The third-order valence-corrected chi connectivity index (χ3v) is 4.40. The van der Waals surface area contributed by atoms with Gasteiger partial charge in [0.2, 0.25) is 0 Å². The summed E-state index contributed by atoms with van der Waals surface area (Å²) < 4.78 is 7.52. The van der Waals surface area contributed by atoms with E-state index in [9.17, 15) is 0 Å². The van der Waals surface area contributed by atoms with Crippen LogP contribution in [0.4, 0.5) is 5.82 Å². The van der Waals surface area contributed by atoms with Gasteiger partial charge in [0.1, 0.15) is 23.7 Å². The maximum absolute atomic E-state index is 5.65. The Balaban J connectivity index is 1.54. The molecule has 1 unspecified atom stereocenters. The van der Waals surface area contributed by atoms with Crippen molar-refractivity contribution in [3.8, 4) is 0 Å².